The summed E-state index contributed by atoms with van der Waals surface area (Å²) in [6.45, 7) is 3.49. The van der Waals surface area contributed by atoms with Crippen LogP contribution >= 0.6 is 11.3 Å². The summed E-state index contributed by atoms with van der Waals surface area (Å²) in [7, 11) is 1.54. The predicted octanol–water partition coefficient (Wildman–Crippen LogP) is 2.44. The largest absolute Gasteiger partial charge is 0.497 e. The molecule has 11 nitrogen and oxygen atoms in total. The zero-order chi connectivity index (χ0) is 26.3. The Balaban J connectivity index is 1.72. The van der Waals surface area contributed by atoms with Gasteiger partial charge < -0.3 is 18.9 Å². The average molecular weight is 524 g/mol. The monoisotopic (exact) mass is 523 g/mol. The van der Waals surface area contributed by atoms with Gasteiger partial charge in [-0.2, -0.15) is 0 Å². The van der Waals surface area contributed by atoms with E-state index < -0.39 is 22.5 Å². The Labute approximate surface area is 213 Å². The standard InChI is InChI=1S/C25H21N3O8S/c1-4-34-24(30)21-13(2)26-25-27(22(21)14-5-7-16(33-3)8-6-14)23(29)20(37-25)10-15-9-18-19(36-12-35-18)11-17(15)28(31)32/h5-11,22H,4,12H2,1-3H3/b20-10-/t22-/m0/s1. The van der Waals surface area contributed by atoms with Crippen LogP contribution in [0.2, 0.25) is 0 Å². The van der Waals surface area contributed by atoms with Gasteiger partial charge in [0.2, 0.25) is 6.79 Å². The smallest absolute Gasteiger partial charge is 0.338 e. The lowest BCUT2D eigenvalue weighted by atomic mass is 9.96. The molecule has 0 radical (unpaired) electrons. The minimum Gasteiger partial charge on any atom is -0.497 e. The number of methoxy groups -OCH3 is 1. The molecule has 2 aliphatic heterocycles. The highest BCUT2D eigenvalue weighted by molar-refractivity contribution is 7.07. The molecule has 1 aromatic heterocycles. The van der Waals surface area contributed by atoms with Gasteiger partial charge in [0.05, 0.1) is 52.1 Å². The summed E-state index contributed by atoms with van der Waals surface area (Å²) in [5, 5.41) is 11.7. The first-order valence-electron chi connectivity index (χ1n) is 11.2. The second kappa shape index (κ2) is 9.54. The predicted molar refractivity (Wildman–Crippen MR) is 133 cm³/mol. The summed E-state index contributed by atoms with van der Waals surface area (Å²) >= 11 is 1.07. The van der Waals surface area contributed by atoms with E-state index in [9.17, 15) is 19.7 Å². The van der Waals surface area contributed by atoms with Crippen molar-refractivity contribution in [1.82, 2.24) is 4.57 Å². The molecule has 0 N–H and O–H groups in total. The molecule has 0 saturated heterocycles. The van der Waals surface area contributed by atoms with Gasteiger partial charge in [-0.15, -0.1) is 0 Å². The van der Waals surface area contributed by atoms with Gasteiger partial charge in [-0.1, -0.05) is 23.5 Å². The molecule has 3 heterocycles. The molecular weight excluding hydrogens is 502 g/mol. The van der Waals surface area contributed by atoms with Gasteiger partial charge in [-0.25, -0.2) is 9.79 Å². The number of hydrogen-bond donors (Lipinski definition) is 0. The number of nitro groups is 1. The molecule has 0 aliphatic carbocycles. The van der Waals surface area contributed by atoms with Gasteiger partial charge in [-0.05, 0) is 43.7 Å². The lowest BCUT2D eigenvalue weighted by Gasteiger charge is -2.24. The van der Waals surface area contributed by atoms with Gasteiger partial charge in [-0.3, -0.25) is 19.5 Å². The van der Waals surface area contributed by atoms with Gasteiger partial charge in [0, 0.05) is 0 Å². The van der Waals surface area contributed by atoms with E-state index in [1.807, 2.05) is 0 Å². The van der Waals surface area contributed by atoms with Crippen molar-refractivity contribution in [1.29, 1.82) is 0 Å². The second-order valence-corrected chi connectivity index (χ2v) is 9.11. The summed E-state index contributed by atoms with van der Waals surface area (Å²) in [6.07, 6.45) is 1.43. The lowest BCUT2D eigenvalue weighted by molar-refractivity contribution is -0.385. The Kier molecular flexibility index (Phi) is 6.25. The van der Waals surface area contributed by atoms with Crippen LogP contribution in [0.3, 0.4) is 0 Å². The van der Waals surface area contributed by atoms with E-state index in [1.165, 1.54) is 22.8 Å². The highest BCUT2D eigenvalue weighted by atomic mass is 32.1. The SMILES string of the molecule is CCOC(=O)C1=C(C)N=c2s/c(=C\c3cc4c(cc3[N+](=O)[O-])OCO4)c(=O)n2[C@H]1c1ccc(OC)cc1. The first kappa shape index (κ1) is 24.3. The number of benzene rings is 2. The van der Waals surface area contributed by atoms with Crippen LogP contribution < -0.4 is 29.1 Å². The van der Waals surface area contributed by atoms with Gasteiger partial charge in [0.25, 0.3) is 11.2 Å². The lowest BCUT2D eigenvalue weighted by Crippen LogP contribution is -2.39. The van der Waals surface area contributed by atoms with Crippen molar-refractivity contribution in [2.45, 2.75) is 19.9 Å². The molecule has 190 valence electrons. The number of hydrogen-bond acceptors (Lipinski definition) is 10. The van der Waals surface area contributed by atoms with Crippen LogP contribution in [0.4, 0.5) is 5.69 Å². The molecule has 1 atom stereocenters. The third-order valence-electron chi connectivity index (χ3n) is 5.95. The van der Waals surface area contributed by atoms with Crippen molar-refractivity contribution in [3.8, 4) is 17.2 Å². The van der Waals surface area contributed by atoms with Crippen molar-refractivity contribution < 1.29 is 28.7 Å². The molecule has 0 spiro atoms. The molecule has 0 amide bonds. The van der Waals surface area contributed by atoms with Crippen molar-refractivity contribution in [2.24, 2.45) is 4.99 Å². The van der Waals surface area contributed by atoms with E-state index in [-0.39, 0.29) is 40.5 Å². The molecule has 0 bridgehead atoms. The third-order valence-corrected chi connectivity index (χ3v) is 6.94. The fraction of sp³-hybridized carbons (Fsp3) is 0.240. The van der Waals surface area contributed by atoms with E-state index in [0.29, 0.717) is 27.6 Å². The molecule has 3 aromatic rings. The van der Waals surface area contributed by atoms with E-state index in [1.54, 1.807) is 45.2 Å². The van der Waals surface area contributed by atoms with E-state index in [2.05, 4.69) is 4.99 Å². The number of ether oxygens (including phenoxy) is 4. The molecule has 0 fully saturated rings. The molecule has 0 unspecified atom stereocenters. The van der Waals surface area contributed by atoms with Crippen LogP contribution in [0.1, 0.15) is 31.0 Å². The second-order valence-electron chi connectivity index (χ2n) is 8.10. The maximum Gasteiger partial charge on any atom is 0.338 e. The zero-order valence-electron chi connectivity index (χ0n) is 20.0. The van der Waals surface area contributed by atoms with Crippen LogP contribution in [0.15, 0.2) is 57.5 Å². The van der Waals surface area contributed by atoms with Crippen molar-refractivity contribution in [3.05, 3.63) is 88.6 Å². The number of rotatable bonds is 6. The number of aromatic nitrogens is 1. The fourth-order valence-electron chi connectivity index (χ4n) is 4.26. The Bertz CT molecular complexity index is 1640. The first-order valence-corrected chi connectivity index (χ1v) is 12.1. The molecular formula is C25H21N3O8S. The Hall–Kier alpha value is -4.45. The number of esters is 1. The molecule has 12 heteroatoms. The van der Waals surface area contributed by atoms with Crippen molar-refractivity contribution in [3.63, 3.8) is 0 Å². The van der Waals surface area contributed by atoms with Gasteiger partial charge >= 0.3 is 5.97 Å². The number of carbonyl (C=O) groups excluding carboxylic acids is 1. The average Bonchev–Trinajstić information content (AvgIpc) is 3.46. The molecule has 0 saturated carbocycles. The normalized spacial score (nSPS) is 16.3. The first-order chi connectivity index (χ1) is 17.8. The van der Waals surface area contributed by atoms with Crippen LogP contribution in [0.25, 0.3) is 6.08 Å². The number of fused-ring (bicyclic) bond motifs is 2. The van der Waals surface area contributed by atoms with E-state index in [4.69, 9.17) is 18.9 Å². The van der Waals surface area contributed by atoms with Gasteiger partial charge in [0.1, 0.15) is 5.75 Å². The summed E-state index contributed by atoms with van der Waals surface area (Å²) in [4.78, 5) is 42.8. The highest BCUT2D eigenvalue weighted by Gasteiger charge is 2.33. The molecule has 37 heavy (non-hydrogen) atoms. The Morgan fingerprint density at radius 2 is 1.97 bits per heavy atom. The van der Waals surface area contributed by atoms with Crippen LogP contribution in [0, 0.1) is 10.1 Å². The maximum absolute atomic E-state index is 13.7. The Morgan fingerprint density at radius 3 is 2.62 bits per heavy atom. The fourth-order valence-corrected chi connectivity index (χ4v) is 5.29. The van der Waals surface area contributed by atoms with Crippen LogP contribution in [-0.2, 0) is 9.53 Å². The number of carbonyl (C=O) groups is 1. The zero-order valence-corrected chi connectivity index (χ0v) is 20.9. The summed E-state index contributed by atoms with van der Waals surface area (Å²) in [6, 6.07) is 8.93. The van der Waals surface area contributed by atoms with Crippen molar-refractivity contribution >= 4 is 29.1 Å². The Morgan fingerprint density at radius 1 is 1.27 bits per heavy atom. The van der Waals surface area contributed by atoms with Crippen LogP contribution in [0.5, 0.6) is 17.2 Å². The number of nitrogens with zero attached hydrogens (tertiary/aromatic N) is 3. The number of nitro benzene ring substituents is 1. The van der Waals surface area contributed by atoms with Gasteiger partial charge in [0.15, 0.2) is 16.3 Å². The highest BCUT2D eigenvalue weighted by Crippen LogP contribution is 2.38. The summed E-state index contributed by atoms with van der Waals surface area (Å²) < 4.78 is 22.8. The maximum atomic E-state index is 13.7. The van der Waals surface area contributed by atoms with E-state index >= 15 is 0 Å². The number of thiazole rings is 1. The molecule has 2 aromatic carbocycles. The summed E-state index contributed by atoms with van der Waals surface area (Å²) in [5.74, 6) is 0.649. The molecule has 2 aliphatic rings. The minimum absolute atomic E-state index is 0.0457. The topological polar surface area (TPSA) is 131 Å². The minimum atomic E-state index is -0.810. The van der Waals surface area contributed by atoms with E-state index in [0.717, 1.165) is 11.3 Å². The van der Waals surface area contributed by atoms with Crippen molar-refractivity contribution in [2.75, 3.05) is 20.5 Å². The third kappa shape index (κ3) is 4.25. The summed E-state index contributed by atoms with van der Waals surface area (Å²) in [5.41, 5.74) is 0.805. The quantitative estimate of drug-likeness (QED) is 0.274. The van der Waals surface area contributed by atoms with Crippen LogP contribution in [-0.4, -0.2) is 36.0 Å². The number of allylic oxidation sites excluding steroid dienone is 1. The molecule has 5 rings (SSSR count).